The van der Waals surface area contributed by atoms with Crippen molar-refractivity contribution in [2.24, 2.45) is 0 Å². The highest BCUT2D eigenvalue weighted by Gasteiger charge is 2.03. The Kier molecular flexibility index (Phi) is 3.77. The van der Waals surface area contributed by atoms with Crippen LogP contribution in [0.15, 0.2) is 41.1 Å². The van der Waals surface area contributed by atoms with E-state index in [0.717, 1.165) is 6.42 Å². The minimum absolute atomic E-state index is 0.0400. The lowest BCUT2D eigenvalue weighted by molar-refractivity contribution is -0.116. The van der Waals surface area contributed by atoms with Crippen molar-refractivity contribution in [1.29, 1.82) is 0 Å². The summed E-state index contributed by atoms with van der Waals surface area (Å²) in [4.78, 5) is 11.6. The Balaban J connectivity index is 1.85. The molecule has 0 bridgehead atoms. The van der Waals surface area contributed by atoms with Gasteiger partial charge in [-0.2, -0.15) is 11.3 Å². The monoisotopic (exact) mass is 247 g/mol. The number of carbonyl (C=O) groups excluding carboxylic acids is 1. The molecular weight excluding hydrogens is 234 g/mol. The largest absolute Gasteiger partial charge is 0.508 e. The number of aryl methyl sites for hydroxylation is 1. The summed E-state index contributed by atoms with van der Waals surface area (Å²) in [5.41, 5.74) is 1.81. The number of phenolic OH excluding ortho intramolecular Hbond substituents is 1. The van der Waals surface area contributed by atoms with Gasteiger partial charge in [0.25, 0.3) is 0 Å². The summed E-state index contributed by atoms with van der Waals surface area (Å²) in [5.74, 6) is 0.113. The molecule has 2 rings (SSSR count). The molecule has 1 heterocycles. The molecule has 0 atom stereocenters. The van der Waals surface area contributed by atoms with E-state index in [2.05, 4.69) is 5.32 Å². The third-order valence-corrected chi connectivity index (χ3v) is 3.08. The van der Waals surface area contributed by atoms with Crippen molar-refractivity contribution in [3.8, 4) is 5.75 Å². The molecule has 0 radical (unpaired) electrons. The van der Waals surface area contributed by atoms with Gasteiger partial charge in [-0.25, -0.2) is 0 Å². The zero-order valence-corrected chi connectivity index (χ0v) is 10.0. The average Bonchev–Trinajstić information content (AvgIpc) is 2.79. The Morgan fingerprint density at radius 3 is 2.94 bits per heavy atom. The summed E-state index contributed by atoms with van der Waals surface area (Å²) in [6, 6.07) is 8.57. The molecule has 2 aromatic rings. The maximum Gasteiger partial charge on any atom is 0.224 e. The highest BCUT2D eigenvalue weighted by molar-refractivity contribution is 7.07. The van der Waals surface area contributed by atoms with Gasteiger partial charge in [0, 0.05) is 18.2 Å². The van der Waals surface area contributed by atoms with Crippen LogP contribution in [0.1, 0.15) is 12.0 Å². The van der Waals surface area contributed by atoms with Crippen molar-refractivity contribution in [2.75, 3.05) is 5.32 Å². The van der Waals surface area contributed by atoms with Crippen LogP contribution in [0.4, 0.5) is 5.69 Å². The number of rotatable bonds is 4. The van der Waals surface area contributed by atoms with Crippen LogP contribution in [0, 0.1) is 0 Å². The second-order valence-electron chi connectivity index (χ2n) is 3.73. The Hall–Kier alpha value is -1.81. The number of benzene rings is 1. The van der Waals surface area contributed by atoms with E-state index in [1.807, 2.05) is 16.8 Å². The van der Waals surface area contributed by atoms with E-state index in [4.69, 9.17) is 0 Å². The summed E-state index contributed by atoms with van der Waals surface area (Å²) in [5, 5.41) is 16.1. The maximum atomic E-state index is 11.6. The van der Waals surface area contributed by atoms with Gasteiger partial charge in [0.15, 0.2) is 0 Å². The van der Waals surface area contributed by atoms with Crippen LogP contribution in [0.5, 0.6) is 5.75 Å². The molecule has 1 aromatic carbocycles. The predicted octanol–water partition coefficient (Wildman–Crippen LogP) is 3.03. The van der Waals surface area contributed by atoms with Crippen LogP contribution in [0.2, 0.25) is 0 Å². The van der Waals surface area contributed by atoms with E-state index in [1.165, 1.54) is 11.6 Å². The molecule has 0 spiro atoms. The molecule has 2 N–H and O–H groups in total. The summed E-state index contributed by atoms with van der Waals surface area (Å²) in [6.45, 7) is 0. The van der Waals surface area contributed by atoms with E-state index in [1.54, 1.807) is 29.5 Å². The second-order valence-corrected chi connectivity index (χ2v) is 4.51. The molecule has 0 aliphatic carbocycles. The Morgan fingerprint density at radius 2 is 2.24 bits per heavy atom. The topological polar surface area (TPSA) is 49.3 Å². The highest BCUT2D eigenvalue weighted by atomic mass is 32.1. The molecule has 3 nitrogen and oxygen atoms in total. The lowest BCUT2D eigenvalue weighted by Crippen LogP contribution is -2.11. The van der Waals surface area contributed by atoms with E-state index in [0.29, 0.717) is 12.1 Å². The molecule has 0 aliphatic heterocycles. The first-order chi connectivity index (χ1) is 8.24. The average molecular weight is 247 g/mol. The zero-order valence-electron chi connectivity index (χ0n) is 9.22. The van der Waals surface area contributed by atoms with Crippen LogP contribution >= 0.6 is 11.3 Å². The van der Waals surface area contributed by atoms with Crippen LogP contribution < -0.4 is 5.32 Å². The molecule has 0 aliphatic rings. The summed E-state index contributed by atoms with van der Waals surface area (Å²) < 4.78 is 0. The van der Waals surface area contributed by atoms with E-state index in [-0.39, 0.29) is 11.7 Å². The second kappa shape index (κ2) is 5.50. The van der Waals surface area contributed by atoms with Crippen LogP contribution in [-0.2, 0) is 11.2 Å². The molecular formula is C13H13NO2S. The predicted molar refractivity (Wildman–Crippen MR) is 69.4 cm³/mol. The Labute approximate surface area is 104 Å². The van der Waals surface area contributed by atoms with Crippen LogP contribution in [0.25, 0.3) is 0 Å². The molecule has 4 heteroatoms. The van der Waals surface area contributed by atoms with E-state index >= 15 is 0 Å². The Morgan fingerprint density at radius 1 is 1.35 bits per heavy atom. The number of phenols is 1. The number of carbonyl (C=O) groups is 1. The van der Waals surface area contributed by atoms with Gasteiger partial charge >= 0.3 is 0 Å². The molecule has 0 unspecified atom stereocenters. The number of thiophene rings is 1. The molecule has 0 fully saturated rings. The first-order valence-electron chi connectivity index (χ1n) is 5.34. The van der Waals surface area contributed by atoms with Crippen LogP contribution in [-0.4, -0.2) is 11.0 Å². The minimum Gasteiger partial charge on any atom is -0.508 e. The van der Waals surface area contributed by atoms with Crippen molar-refractivity contribution in [2.45, 2.75) is 12.8 Å². The summed E-state index contributed by atoms with van der Waals surface area (Å²) >= 11 is 1.63. The molecule has 88 valence electrons. The number of nitrogens with one attached hydrogen (secondary N) is 1. The number of amides is 1. The Bertz CT molecular complexity index is 494. The number of hydrogen-bond donors (Lipinski definition) is 2. The summed E-state index contributed by atoms with van der Waals surface area (Å²) in [6.07, 6.45) is 1.19. The van der Waals surface area contributed by atoms with Crippen molar-refractivity contribution < 1.29 is 9.90 Å². The first-order valence-corrected chi connectivity index (χ1v) is 6.28. The van der Waals surface area contributed by atoms with Gasteiger partial charge in [0.1, 0.15) is 5.75 Å². The normalized spacial score (nSPS) is 10.1. The number of hydrogen-bond acceptors (Lipinski definition) is 3. The van der Waals surface area contributed by atoms with Gasteiger partial charge in [-0.15, -0.1) is 0 Å². The molecule has 17 heavy (non-hydrogen) atoms. The van der Waals surface area contributed by atoms with Gasteiger partial charge in [-0.1, -0.05) is 6.07 Å². The van der Waals surface area contributed by atoms with E-state index in [9.17, 15) is 9.90 Å². The van der Waals surface area contributed by atoms with Crippen molar-refractivity contribution >= 4 is 22.9 Å². The quantitative estimate of drug-likeness (QED) is 0.872. The van der Waals surface area contributed by atoms with Crippen molar-refractivity contribution in [3.63, 3.8) is 0 Å². The van der Waals surface area contributed by atoms with Gasteiger partial charge in [-0.05, 0) is 40.9 Å². The van der Waals surface area contributed by atoms with Gasteiger partial charge < -0.3 is 10.4 Å². The highest BCUT2D eigenvalue weighted by Crippen LogP contribution is 2.16. The van der Waals surface area contributed by atoms with Crippen molar-refractivity contribution in [1.82, 2.24) is 0 Å². The smallest absolute Gasteiger partial charge is 0.224 e. The molecule has 0 saturated heterocycles. The SMILES string of the molecule is O=C(CCc1ccsc1)Nc1cccc(O)c1. The lowest BCUT2D eigenvalue weighted by atomic mass is 10.2. The molecule has 1 aromatic heterocycles. The maximum absolute atomic E-state index is 11.6. The standard InChI is InChI=1S/C13H13NO2S/c15-12-3-1-2-11(8-12)14-13(16)5-4-10-6-7-17-9-10/h1-3,6-9,15H,4-5H2,(H,14,16). The first kappa shape index (κ1) is 11.7. The van der Waals surface area contributed by atoms with Crippen LogP contribution in [0.3, 0.4) is 0 Å². The molecule has 0 saturated carbocycles. The number of aromatic hydroxyl groups is 1. The van der Waals surface area contributed by atoms with Crippen molar-refractivity contribution in [3.05, 3.63) is 46.7 Å². The lowest BCUT2D eigenvalue weighted by Gasteiger charge is -2.04. The fraction of sp³-hybridized carbons (Fsp3) is 0.154. The third-order valence-electron chi connectivity index (χ3n) is 2.35. The summed E-state index contributed by atoms with van der Waals surface area (Å²) in [7, 11) is 0. The fourth-order valence-electron chi connectivity index (χ4n) is 1.50. The van der Waals surface area contributed by atoms with Gasteiger partial charge in [0.2, 0.25) is 5.91 Å². The third kappa shape index (κ3) is 3.60. The van der Waals surface area contributed by atoms with Gasteiger partial charge in [-0.3, -0.25) is 4.79 Å². The zero-order chi connectivity index (χ0) is 12.1. The fourth-order valence-corrected chi connectivity index (χ4v) is 2.20. The van der Waals surface area contributed by atoms with E-state index < -0.39 is 0 Å². The number of anilines is 1. The minimum atomic E-state index is -0.0400. The van der Waals surface area contributed by atoms with Gasteiger partial charge in [0.05, 0.1) is 0 Å². The molecule has 1 amide bonds.